The summed E-state index contributed by atoms with van der Waals surface area (Å²) in [6.07, 6.45) is 0. The van der Waals surface area contributed by atoms with Gasteiger partial charge in [0.05, 0.1) is 18.1 Å². The summed E-state index contributed by atoms with van der Waals surface area (Å²) in [7, 11) is 0. The highest BCUT2D eigenvalue weighted by Crippen LogP contribution is 2.34. The monoisotopic (exact) mass is 324 g/mol. The van der Waals surface area contributed by atoms with Crippen molar-refractivity contribution in [1.29, 1.82) is 0 Å². The topological polar surface area (TPSA) is 58.6 Å². The summed E-state index contributed by atoms with van der Waals surface area (Å²) in [5.74, 6) is -0.785. The highest BCUT2D eigenvalue weighted by Gasteiger charge is 2.30. The van der Waals surface area contributed by atoms with E-state index in [4.69, 9.17) is 23.2 Å². The van der Waals surface area contributed by atoms with Gasteiger partial charge >= 0.3 is 12.6 Å². The van der Waals surface area contributed by atoms with Crippen LogP contribution in [-0.4, -0.2) is 30.0 Å². The molecule has 9 heteroatoms. The summed E-state index contributed by atoms with van der Waals surface area (Å²) in [6, 6.07) is 1.93. The van der Waals surface area contributed by atoms with Crippen molar-refractivity contribution in [2.24, 2.45) is 0 Å². The van der Waals surface area contributed by atoms with E-state index < -0.39 is 18.5 Å². The van der Waals surface area contributed by atoms with E-state index in [2.05, 4.69) is 10.1 Å². The van der Waals surface area contributed by atoms with Gasteiger partial charge in [0.1, 0.15) is 5.75 Å². The number of hydrogen-bond acceptors (Lipinski definition) is 3. The molecule has 3 amide bonds. The van der Waals surface area contributed by atoms with Gasteiger partial charge in [0, 0.05) is 10.6 Å². The maximum absolute atomic E-state index is 12.4. The van der Waals surface area contributed by atoms with Crippen LogP contribution in [0, 0.1) is 0 Å². The molecule has 1 N–H and O–H groups in total. The minimum Gasteiger partial charge on any atom is -0.433 e. The lowest BCUT2D eigenvalue weighted by molar-refractivity contribution is -0.125. The second kappa shape index (κ2) is 5.80. The number of imide groups is 1. The Labute approximate surface area is 122 Å². The number of alkyl halides is 2. The number of carbonyl (C=O) groups excluding carboxylic acids is 2. The number of rotatable bonds is 4. The first kappa shape index (κ1) is 14.8. The van der Waals surface area contributed by atoms with Crippen molar-refractivity contribution in [1.82, 2.24) is 10.2 Å². The van der Waals surface area contributed by atoms with E-state index in [9.17, 15) is 18.4 Å². The maximum Gasteiger partial charge on any atom is 0.387 e. The summed E-state index contributed by atoms with van der Waals surface area (Å²) in [5.41, 5.74) is 0.119. The molecular weight excluding hydrogens is 317 g/mol. The van der Waals surface area contributed by atoms with Gasteiger partial charge in [-0.2, -0.15) is 8.78 Å². The fraction of sp³-hybridized carbons (Fsp3) is 0.273. The molecule has 1 aliphatic rings. The summed E-state index contributed by atoms with van der Waals surface area (Å²) in [6.45, 7) is -3.49. The van der Waals surface area contributed by atoms with Gasteiger partial charge in [0.25, 0.3) is 0 Å². The normalized spacial score (nSPS) is 14.9. The van der Waals surface area contributed by atoms with Crippen LogP contribution in [0.25, 0.3) is 0 Å². The summed E-state index contributed by atoms with van der Waals surface area (Å²) in [5, 5.41) is 2.37. The largest absolute Gasteiger partial charge is 0.433 e. The Hall–Kier alpha value is -1.60. The molecule has 0 saturated carbocycles. The number of nitrogens with one attached hydrogen (secondary N) is 1. The molecule has 0 aliphatic carbocycles. The molecule has 20 heavy (non-hydrogen) atoms. The van der Waals surface area contributed by atoms with Gasteiger partial charge in [-0.05, 0) is 12.1 Å². The second-order valence-electron chi connectivity index (χ2n) is 3.89. The van der Waals surface area contributed by atoms with E-state index >= 15 is 0 Å². The maximum atomic E-state index is 12.4. The van der Waals surface area contributed by atoms with Crippen molar-refractivity contribution in [3.8, 4) is 5.75 Å². The number of ether oxygens (including phenoxy) is 1. The molecule has 1 aliphatic heterocycles. The molecule has 0 atom stereocenters. The third-order valence-electron chi connectivity index (χ3n) is 2.56. The van der Waals surface area contributed by atoms with E-state index in [1.165, 1.54) is 12.1 Å². The zero-order valence-electron chi connectivity index (χ0n) is 9.83. The number of nitrogens with zero attached hydrogens (tertiary/aromatic N) is 1. The average Bonchev–Trinajstić information content (AvgIpc) is 2.65. The zero-order valence-corrected chi connectivity index (χ0v) is 11.3. The van der Waals surface area contributed by atoms with Crippen LogP contribution in [0.1, 0.15) is 5.56 Å². The van der Waals surface area contributed by atoms with Crippen LogP contribution in [0.2, 0.25) is 10.0 Å². The lowest BCUT2D eigenvalue weighted by Crippen LogP contribution is -2.30. The predicted octanol–water partition coefficient (Wildman–Crippen LogP) is 2.65. The fourth-order valence-corrected chi connectivity index (χ4v) is 2.32. The van der Waals surface area contributed by atoms with E-state index in [0.29, 0.717) is 0 Å². The van der Waals surface area contributed by atoms with Crippen LogP contribution >= 0.6 is 23.2 Å². The zero-order chi connectivity index (χ0) is 14.9. The van der Waals surface area contributed by atoms with Gasteiger partial charge in [0.15, 0.2) is 0 Å². The van der Waals surface area contributed by atoms with Gasteiger partial charge in [-0.15, -0.1) is 0 Å². The van der Waals surface area contributed by atoms with Crippen LogP contribution in [0.3, 0.4) is 0 Å². The first-order valence-corrected chi connectivity index (χ1v) is 6.15. The van der Waals surface area contributed by atoms with Crippen LogP contribution in [0.4, 0.5) is 13.6 Å². The molecule has 0 spiro atoms. The third kappa shape index (κ3) is 3.10. The van der Waals surface area contributed by atoms with Crippen molar-refractivity contribution in [2.75, 3.05) is 6.54 Å². The molecule has 0 unspecified atom stereocenters. The number of hydrogen-bond donors (Lipinski definition) is 1. The predicted molar refractivity (Wildman–Crippen MR) is 67.0 cm³/mol. The van der Waals surface area contributed by atoms with E-state index in [-0.39, 0.29) is 34.4 Å². The number of halogens is 4. The molecule has 1 aromatic rings. The third-order valence-corrected chi connectivity index (χ3v) is 3.06. The Bertz CT molecular complexity index is 553. The van der Waals surface area contributed by atoms with E-state index in [1.54, 1.807) is 0 Å². The number of amides is 3. The van der Waals surface area contributed by atoms with Crippen LogP contribution in [0.5, 0.6) is 5.75 Å². The Balaban J connectivity index is 2.34. The van der Waals surface area contributed by atoms with Gasteiger partial charge in [0.2, 0.25) is 5.91 Å². The number of carbonyl (C=O) groups is 2. The Morgan fingerprint density at radius 2 is 2.05 bits per heavy atom. The lowest BCUT2D eigenvalue weighted by atomic mass is 10.2. The second-order valence-corrected chi connectivity index (χ2v) is 4.74. The highest BCUT2D eigenvalue weighted by molar-refractivity contribution is 6.35. The minimum atomic E-state index is -3.09. The number of urea groups is 1. The standard InChI is InChI=1S/C11H8Cl2F2N2O3/c12-6-1-5(4-17-8(18)3-16-11(17)19)9(7(13)2-6)20-10(14)15/h1-2,10H,3-4H2,(H,16,19). The summed E-state index contributed by atoms with van der Waals surface area (Å²) < 4.78 is 29.1. The molecule has 0 bridgehead atoms. The number of benzene rings is 1. The molecule has 1 heterocycles. The molecule has 1 fully saturated rings. The molecule has 5 nitrogen and oxygen atoms in total. The van der Waals surface area contributed by atoms with Crippen LogP contribution < -0.4 is 10.1 Å². The Morgan fingerprint density at radius 3 is 2.60 bits per heavy atom. The summed E-state index contributed by atoms with van der Waals surface area (Å²) >= 11 is 11.6. The molecule has 0 aromatic heterocycles. The quantitative estimate of drug-likeness (QED) is 0.866. The Kier molecular flexibility index (Phi) is 4.29. The Morgan fingerprint density at radius 1 is 1.35 bits per heavy atom. The van der Waals surface area contributed by atoms with E-state index in [1.807, 2.05) is 0 Å². The van der Waals surface area contributed by atoms with Crippen molar-refractivity contribution in [3.05, 3.63) is 27.7 Å². The molecule has 1 aromatic carbocycles. The van der Waals surface area contributed by atoms with Gasteiger partial charge in [-0.25, -0.2) is 4.79 Å². The SMILES string of the molecule is O=C1CNC(=O)N1Cc1cc(Cl)cc(Cl)c1OC(F)F. The van der Waals surface area contributed by atoms with Gasteiger partial charge in [-0.3, -0.25) is 9.69 Å². The molecule has 1 saturated heterocycles. The molecule has 2 rings (SSSR count). The van der Waals surface area contributed by atoms with E-state index in [0.717, 1.165) is 4.90 Å². The highest BCUT2D eigenvalue weighted by atomic mass is 35.5. The van der Waals surface area contributed by atoms with Crippen LogP contribution in [0.15, 0.2) is 12.1 Å². The summed E-state index contributed by atoms with van der Waals surface area (Å²) in [4.78, 5) is 23.8. The first-order chi connectivity index (χ1) is 9.38. The average molecular weight is 325 g/mol. The molecule has 108 valence electrons. The van der Waals surface area contributed by atoms with Crippen LogP contribution in [-0.2, 0) is 11.3 Å². The van der Waals surface area contributed by atoms with Gasteiger partial charge in [-0.1, -0.05) is 23.2 Å². The minimum absolute atomic E-state index is 0.119. The van der Waals surface area contributed by atoms with Gasteiger partial charge < -0.3 is 10.1 Å². The fourth-order valence-electron chi connectivity index (χ4n) is 1.74. The van der Waals surface area contributed by atoms with Crippen molar-refractivity contribution >= 4 is 35.1 Å². The van der Waals surface area contributed by atoms with Crippen molar-refractivity contribution < 1.29 is 23.1 Å². The first-order valence-electron chi connectivity index (χ1n) is 5.39. The van der Waals surface area contributed by atoms with Crippen molar-refractivity contribution in [2.45, 2.75) is 13.2 Å². The lowest BCUT2D eigenvalue weighted by Gasteiger charge is -2.17. The molecule has 0 radical (unpaired) electrons. The molecular formula is C11H8Cl2F2N2O3. The smallest absolute Gasteiger partial charge is 0.387 e. The van der Waals surface area contributed by atoms with Crippen molar-refractivity contribution in [3.63, 3.8) is 0 Å².